The smallest absolute Gasteiger partial charge is 0.251 e. The monoisotopic (exact) mass is 346 g/mol. The van der Waals surface area contributed by atoms with E-state index in [-0.39, 0.29) is 18.3 Å². The minimum atomic E-state index is -0.297. The van der Waals surface area contributed by atoms with Crippen LogP contribution in [0.1, 0.15) is 16.1 Å². The molecule has 2 aromatic heterocycles. The maximum absolute atomic E-state index is 13.0. The van der Waals surface area contributed by atoms with Gasteiger partial charge in [-0.2, -0.15) is 0 Å². The molecule has 0 saturated carbocycles. The molecule has 2 aromatic carbocycles. The summed E-state index contributed by atoms with van der Waals surface area (Å²) in [5, 5.41) is 3.85. The van der Waals surface area contributed by atoms with Gasteiger partial charge in [-0.15, -0.1) is 0 Å². The molecule has 0 saturated heterocycles. The van der Waals surface area contributed by atoms with Crippen LogP contribution in [0.4, 0.5) is 4.39 Å². The van der Waals surface area contributed by atoms with E-state index in [1.165, 1.54) is 18.5 Å². The minimum absolute atomic E-state index is 0.171. The molecular weight excluding hydrogens is 331 g/mol. The first kappa shape index (κ1) is 16.0. The molecule has 0 aliphatic carbocycles. The van der Waals surface area contributed by atoms with Gasteiger partial charge in [-0.05, 0) is 54.6 Å². The van der Waals surface area contributed by atoms with Crippen LogP contribution in [0.25, 0.3) is 22.2 Å². The van der Waals surface area contributed by atoms with E-state index in [1.54, 1.807) is 24.3 Å². The van der Waals surface area contributed by atoms with Crippen LogP contribution in [-0.2, 0) is 6.54 Å². The van der Waals surface area contributed by atoms with E-state index in [9.17, 15) is 9.18 Å². The Balaban J connectivity index is 1.48. The summed E-state index contributed by atoms with van der Waals surface area (Å²) in [4.78, 5) is 23.9. The summed E-state index contributed by atoms with van der Waals surface area (Å²) in [6.45, 7) is 0.278. The number of fused-ring (bicyclic) bond motifs is 1. The average molecular weight is 346 g/mol. The van der Waals surface area contributed by atoms with Gasteiger partial charge in [0.2, 0.25) is 0 Å². The maximum atomic E-state index is 13.0. The van der Waals surface area contributed by atoms with Crippen molar-refractivity contribution in [1.29, 1.82) is 0 Å². The Morgan fingerprint density at radius 3 is 2.73 bits per heavy atom. The Kier molecular flexibility index (Phi) is 4.15. The van der Waals surface area contributed by atoms with Crippen LogP contribution >= 0.6 is 0 Å². The summed E-state index contributed by atoms with van der Waals surface area (Å²) in [5.74, 6) is -0.468. The van der Waals surface area contributed by atoms with Gasteiger partial charge in [0.1, 0.15) is 12.1 Å². The number of hydrogen-bond acceptors (Lipinski definition) is 3. The average Bonchev–Trinajstić information content (AvgIpc) is 3.15. The molecule has 0 aliphatic rings. The van der Waals surface area contributed by atoms with E-state index in [0.29, 0.717) is 17.0 Å². The van der Waals surface area contributed by atoms with Crippen LogP contribution in [0.3, 0.4) is 0 Å². The van der Waals surface area contributed by atoms with Crippen molar-refractivity contribution in [3.63, 3.8) is 0 Å². The molecule has 0 fully saturated rings. The summed E-state index contributed by atoms with van der Waals surface area (Å²) in [7, 11) is 0. The molecule has 0 bridgehead atoms. The summed E-state index contributed by atoms with van der Waals surface area (Å²) in [6.07, 6.45) is 3.27. The number of carbonyl (C=O) groups excluding carboxylic acids is 1. The maximum Gasteiger partial charge on any atom is 0.251 e. The molecule has 4 aromatic rings. The Morgan fingerprint density at radius 2 is 1.88 bits per heavy atom. The summed E-state index contributed by atoms with van der Waals surface area (Å²) >= 11 is 0. The second kappa shape index (κ2) is 6.76. The van der Waals surface area contributed by atoms with Gasteiger partial charge in [0, 0.05) is 28.2 Å². The van der Waals surface area contributed by atoms with Crippen molar-refractivity contribution < 1.29 is 9.18 Å². The molecule has 4 rings (SSSR count). The standard InChI is InChI=1S/C20H15FN4O/c21-16-4-1-13(2-5-16)19-10-17(24-12-25-19)11-23-20(26)15-3-6-18-14(9-15)7-8-22-18/h1-10,12,22H,11H2,(H,23,26). The van der Waals surface area contributed by atoms with Crippen LogP contribution in [0, 0.1) is 5.82 Å². The number of carbonyl (C=O) groups is 1. The molecule has 26 heavy (non-hydrogen) atoms. The third kappa shape index (κ3) is 3.30. The lowest BCUT2D eigenvalue weighted by molar-refractivity contribution is 0.0950. The van der Waals surface area contributed by atoms with Crippen molar-refractivity contribution in [3.8, 4) is 11.3 Å². The third-order valence-corrected chi connectivity index (χ3v) is 4.11. The lowest BCUT2D eigenvalue weighted by Crippen LogP contribution is -2.23. The number of aromatic amines is 1. The predicted molar refractivity (Wildman–Crippen MR) is 96.9 cm³/mol. The van der Waals surface area contributed by atoms with E-state index >= 15 is 0 Å². The van der Waals surface area contributed by atoms with Crippen LogP contribution in [-0.4, -0.2) is 20.9 Å². The normalized spacial score (nSPS) is 10.8. The molecule has 2 N–H and O–H groups in total. The van der Waals surface area contributed by atoms with Crippen molar-refractivity contribution in [3.05, 3.63) is 84.2 Å². The van der Waals surface area contributed by atoms with E-state index in [4.69, 9.17) is 0 Å². The lowest BCUT2D eigenvalue weighted by atomic mass is 10.1. The number of benzene rings is 2. The van der Waals surface area contributed by atoms with Crippen LogP contribution in [0.5, 0.6) is 0 Å². The quantitative estimate of drug-likeness (QED) is 0.592. The molecule has 0 atom stereocenters. The molecule has 0 radical (unpaired) electrons. The van der Waals surface area contributed by atoms with Crippen molar-refractivity contribution in [2.24, 2.45) is 0 Å². The molecule has 128 valence electrons. The fraction of sp³-hybridized carbons (Fsp3) is 0.0500. The first-order valence-corrected chi connectivity index (χ1v) is 8.11. The van der Waals surface area contributed by atoms with Gasteiger partial charge < -0.3 is 10.3 Å². The molecule has 1 amide bonds. The van der Waals surface area contributed by atoms with E-state index < -0.39 is 0 Å². The first-order chi connectivity index (χ1) is 12.7. The van der Waals surface area contributed by atoms with Crippen LogP contribution in [0.15, 0.2) is 67.1 Å². The fourth-order valence-electron chi connectivity index (χ4n) is 2.74. The van der Waals surface area contributed by atoms with Gasteiger partial charge in [-0.1, -0.05) is 0 Å². The third-order valence-electron chi connectivity index (χ3n) is 4.11. The number of H-pyrrole nitrogens is 1. The summed E-state index contributed by atoms with van der Waals surface area (Å²) in [5.41, 5.74) is 3.72. The zero-order valence-electron chi connectivity index (χ0n) is 13.7. The molecule has 0 spiro atoms. The van der Waals surface area contributed by atoms with E-state index in [1.807, 2.05) is 24.4 Å². The van der Waals surface area contributed by atoms with Gasteiger partial charge in [0.05, 0.1) is 17.9 Å². The molecule has 6 heteroatoms. The number of rotatable bonds is 4. The van der Waals surface area contributed by atoms with Crippen molar-refractivity contribution in [2.75, 3.05) is 0 Å². The molecule has 2 heterocycles. The summed E-state index contributed by atoms with van der Waals surface area (Å²) < 4.78 is 13.0. The molecule has 0 aliphatic heterocycles. The highest BCUT2D eigenvalue weighted by molar-refractivity contribution is 5.98. The molecule has 5 nitrogen and oxygen atoms in total. The zero-order chi connectivity index (χ0) is 17.9. The predicted octanol–water partition coefficient (Wildman–Crippen LogP) is 3.69. The highest BCUT2D eigenvalue weighted by Crippen LogP contribution is 2.18. The lowest BCUT2D eigenvalue weighted by Gasteiger charge is -2.07. The second-order valence-corrected chi connectivity index (χ2v) is 5.86. The van der Waals surface area contributed by atoms with Gasteiger partial charge in [0.15, 0.2) is 0 Å². The number of amides is 1. The van der Waals surface area contributed by atoms with Gasteiger partial charge >= 0.3 is 0 Å². The highest BCUT2D eigenvalue weighted by Gasteiger charge is 2.08. The highest BCUT2D eigenvalue weighted by atomic mass is 19.1. The van der Waals surface area contributed by atoms with Gasteiger partial charge in [-0.3, -0.25) is 4.79 Å². The number of nitrogens with zero attached hydrogens (tertiary/aromatic N) is 2. The number of halogens is 1. The number of nitrogens with one attached hydrogen (secondary N) is 2. The second-order valence-electron chi connectivity index (χ2n) is 5.86. The van der Waals surface area contributed by atoms with Crippen molar-refractivity contribution in [2.45, 2.75) is 6.54 Å². The van der Waals surface area contributed by atoms with Crippen molar-refractivity contribution >= 4 is 16.8 Å². The SMILES string of the molecule is O=C(NCc1cc(-c2ccc(F)cc2)ncn1)c1ccc2[nH]ccc2c1. The molecule has 0 unspecified atom stereocenters. The Labute approximate surface area is 148 Å². The first-order valence-electron chi connectivity index (χ1n) is 8.11. The molecular formula is C20H15FN4O. The number of aromatic nitrogens is 3. The minimum Gasteiger partial charge on any atom is -0.361 e. The fourth-order valence-corrected chi connectivity index (χ4v) is 2.74. The zero-order valence-corrected chi connectivity index (χ0v) is 13.7. The van der Waals surface area contributed by atoms with E-state index in [0.717, 1.165) is 16.5 Å². The number of hydrogen-bond donors (Lipinski definition) is 2. The topological polar surface area (TPSA) is 70.7 Å². The van der Waals surface area contributed by atoms with Gasteiger partial charge in [0.25, 0.3) is 5.91 Å². The van der Waals surface area contributed by atoms with Crippen LogP contribution < -0.4 is 5.32 Å². The van der Waals surface area contributed by atoms with Crippen molar-refractivity contribution in [1.82, 2.24) is 20.3 Å². The Morgan fingerprint density at radius 1 is 1.04 bits per heavy atom. The Bertz CT molecular complexity index is 1070. The summed E-state index contributed by atoms with van der Waals surface area (Å²) in [6, 6.07) is 15.3. The van der Waals surface area contributed by atoms with Crippen LogP contribution in [0.2, 0.25) is 0 Å². The Hall–Kier alpha value is -3.54. The largest absolute Gasteiger partial charge is 0.361 e. The van der Waals surface area contributed by atoms with Gasteiger partial charge in [-0.25, -0.2) is 14.4 Å². The van der Waals surface area contributed by atoms with E-state index in [2.05, 4.69) is 20.3 Å².